The summed E-state index contributed by atoms with van der Waals surface area (Å²) in [5.41, 5.74) is -0.000368. The van der Waals surface area contributed by atoms with Crippen LogP contribution in [0, 0.1) is 11.7 Å². The molecule has 1 N–H and O–H groups in total. The highest BCUT2D eigenvalue weighted by molar-refractivity contribution is 7.89. The van der Waals surface area contributed by atoms with Gasteiger partial charge >= 0.3 is 6.36 Å². The number of carbonyl (C=O) groups excluding carboxylic acids is 1. The van der Waals surface area contributed by atoms with E-state index in [1.54, 1.807) is 6.07 Å². The molecule has 0 aliphatic carbocycles. The minimum Gasteiger partial charge on any atom is -0.406 e. The Morgan fingerprint density at radius 3 is 2.26 bits per heavy atom. The van der Waals surface area contributed by atoms with E-state index in [-0.39, 0.29) is 22.9 Å². The fourth-order valence-corrected chi connectivity index (χ4v) is 4.39. The second-order valence-corrected chi connectivity index (χ2v) is 8.85. The average molecular weight is 460 g/mol. The monoisotopic (exact) mass is 460 g/mol. The molecule has 1 aliphatic heterocycles. The van der Waals surface area contributed by atoms with Crippen molar-refractivity contribution >= 4 is 15.9 Å². The number of sulfonamides is 1. The Balaban J connectivity index is 1.52. The van der Waals surface area contributed by atoms with E-state index >= 15 is 0 Å². The van der Waals surface area contributed by atoms with Crippen LogP contribution in [0.1, 0.15) is 23.2 Å². The van der Waals surface area contributed by atoms with Crippen LogP contribution in [0.15, 0.2) is 53.4 Å². The molecule has 1 heterocycles. The van der Waals surface area contributed by atoms with Crippen LogP contribution in [0.5, 0.6) is 5.75 Å². The van der Waals surface area contributed by atoms with E-state index in [4.69, 9.17) is 0 Å². The number of amides is 1. The van der Waals surface area contributed by atoms with Crippen molar-refractivity contribution in [3.8, 4) is 5.75 Å². The molecule has 6 nitrogen and oxygen atoms in total. The number of halogens is 4. The van der Waals surface area contributed by atoms with Gasteiger partial charge in [-0.1, -0.05) is 12.1 Å². The molecule has 0 saturated carbocycles. The summed E-state index contributed by atoms with van der Waals surface area (Å²) < 4.78 is 81.3. The van der Waals surface area contributed by atoms with Gasteiger partial charge < -0.3 is 9.64 Å². The van der Waals surface area contributed by atoms with E-state index in [1.807, 2.05) is 0 Å². The molecule has 0 bridgehead atoms. The topological polar surface area (TPSA) is 75.7 Å². The number of rotatable bonds is 6. The second-order valence-electron chi connectivity index (χ2n) is 7.09. The van der Waals surface area contributed by atoms with Crippen LogP contribution in [0.3, 0.4) is 0 Å². The molecule has 0 aromatic heterocycles. The number of hydrogen-bond acceptors (Lipinski definition) is 4. The molecule has 1 aliphatic rings. The largest absolute Gasteiger partial charge is 0.573 e. The van der Waals surface area contributed by atoms with E-state index in [0.29, 0.717) is 25.9 Å². The normalized spacial score (nSPS) is 15.7. The van der Waals surface area contributed by atoms with Crippen molar-refractivity contribution in [2.75, 3.05) is 19.6 Å². The maximum Gasteiger partial charge on any atom is 0.573 e. The highest BCUT2D eigenvalue weighted by Gasteiger charge is 2.31. The lowest BCUT2D eigenvalue weighted by Gasteiger charge is -2.32. The molecular weight excluding hydrogens is 440 g/mol. The highest BCUT2D eigenvalue weighted by atomic mass is 32.2. The quantitative estimate of drug-likeness (QED) is 0.669. The van der Waals surface area contributed by atoms with Crippen LogP contribution in [-0.4, -0.2) is 45.2 Å². The summed E-state index contributed by atoms with van der Waals surface area (Å²) in [6, 6.07) is 9.63. The van der Waals surface area contributed by atoms with Crippen LogP contribution in [-0.2, 0) is 10.0 Å². The van der Waals surface area contributed by atoms with E-state index in [9.17, 15) is 30.8 Å². The third-order valence-electron chi connectivity index (χ3n) is 4.94. The first-order valence-electron chi connectivity index (χ1n) is 9.44. The summed E-state index contributed by atoms with van der Waals surface area (Å²) in [7, 11) is -3.92. The number of nitrogens with one attached hydrogen (secondary N) is 1. The van der Waals surface area contributed by atoms with Gasteiger partial charge in [0, 0.05) is 19.6 Å². The van der Waals surface area contributed by atoms with Crippen molar-refractivity contribution in [2.45, 2.75) is 24.1 Å². The number of benzene rings is 2. The summed E-state index contributed by atoms with van der Waals surface area (Å²) in [5, 5.41) is 0. The van der Waals surface area contributed by atoms with Gasteiger partial charge in [-0.3, -0.25) is 4.79 Å². The number of piperidine rings is 1. The molecule has 168 valence electrons. The zero-order valence-electron chi connectivity index (χ0n) is 16.2. The Labute approximate surface area is 176 Å². The van der Waals surface area contributed by atoms with Crippen molar-refractivity contribution in [1.82, 2.24) is 9.62 Å². The third kappa shape index (κ3) is 6.17. The van der Waals surface area contributed by atoms with Gasteiger partial charge in [0.25, 0.3) is 5.91 Å². The Kier molecular flexibility index (Phi) is 6.85. The predicted molar refractivity (Wildman–Crippen MR) is 103 cm³/mol. The lowest BCUT2D eigenvalue weighted by molar-refractivity contribution is -0.274. The van der Waals surface area contributed by atoms with Gasteiger partial charge in [-0.15, -0.1) is 13.2 Å². The first-order chi connectivity index (χ1) is 14.5. The summed E-state index contributed by atoms with van der Waals surface area (Å²) in [4.78, 5) is 13.8. The molecule has 11 heteroatoms. The molecule has 1 fully saturated rings. The molecule has 0 atom stereocenters. The summed E-state index contributed by atoms with van der Waals surface area (Å²) >= 11 is 0. The first kappa shape index (κ1) is 23.0. The van der Waals surface area contributed by atoms with E-state index in [0.717, 1.165) is 24.3 Å². The van der Waals surface area contributed by atoms with Crippen molar-refractivity contribution in [1.29, 1.82) is 0 Å². The maximum absolute atomic E-state index is 13.8. The van der Waals surface area contributed by atoms with Crippen molar-refractivity contribution < 1.29 is 35.5 Å². The highest BCUT2D eigenvalue weighted by Crippen LogP contribution is 2.24. The van der Waals surface area contributed by atoms with Crippen molar-refractivity contribution in [2.24, 2.45) is 5.92 Å². The molecule has 2 aromatic carbocycles. The Bertz CT molecular complexity index is 1020. The van der Waals surface area contributed by atoms with E-state index < -0.39 is 33.9 Å². The standard InChI is InChI=1S/C20H20F4N2O4S/c21-18-4-2-1-3-17(18)19(27)26-11-9-14(10-12-26)13-25-31(28,29)16-7-5-15(6-8-16)30-20(22,23)24/h1-8,14,25H,9-13H2. The number of carbonyl (C=O) groups is 1. The number of likely N-dealkylation sites (tertiary alicyclic amines) is 1. The Hall–Kier alpha value is -2.66. The Morgan fingerprint density at radius 1 is 1.06 bits per heavy atom. The number of hydrogen-bond donors (Lipinski definition) is 1. The fraction of sp³-hybridized carbons (Fsp3) is 0.350. The van der Waals surface area contributed by atoms with Crippen molar-refractivity contribution in [3.63, 3.8) is 0 Å². The SMILES string of the molecule is O=C(c1ccccc1F)N1CCC(CNS(=O)(=O)c2ccc(OC(F)(F)F)cc2)CC1. The minimum absolute atomic E-state index is 0.000368. The molecular formula is C20H20F4N2O4S. The summed E-state index contributed by atoms with van der Waals surface area (Å²) in [5.74, 6) is -1.54. The van der Waals surface area contributed by atoms with Crippen LogP contribution in [0.4, 0.5) is 17.6 Å². The summed E-state index contributed by atoms with van der Waals surface area (Å²) in [6.07, 6.45) is -3.80. The number of ether oxygens (including phenoxy) is 1. The second kappa shape index (κ2) is 9.23. The lowest BCUT2D eigenvalue weighted by Crippen LogP contribution is -2.41. The first-order valence-corrected chi connectivity index (χ1v) is 10.9. The van der Waals surface area contributed by atoms with Crippen molar-refractivity contribution in [3.05, 3.63) is 59.9 Å². The molecule has 31 heavy (non-hydrogen) atoms. The fourth-order valence-electron chi connectivity index (χ4n) is 3.28. The smallest absolute Gasteiger partial charge is 0.406 e. The minimum atomic E-state index is -4.86. The van der Waals surface area contributed by atoms with Gasteiger partial charge in [0.1, 0.15) is 11.6 Å². The average Bonchev–Trinajstić information content (AvgIpc) is 2.72. The van der Waals surface area contributed by atoms with Crippen LogP contribution in [0.2, 0.25) is 0 Å². The number of nitrogens with zero attached hydrogens (tertiary/aromatic N) is 1. The predicted octanol–water partition coefficient (Wildman–Crippen LogP) is 3.56. The third-order valence-corrected chi connectivity index (χ3v) is 6.38. The molecule has 3 rings (SSSR count). The Morgan fingerprint density at radius 2 is 1.68 bits per heavy atom. The van der Waals surface area contributed by atoms with Gasteiger partial charge in [-0.25, -0.2) is 17.5 Å². The van der Waals surface area contributed by atoms with Crippen LogP contribution < -0.4 is 9.46 Å². The lowest BCUT2D eigenvalue weighted by atomic mass is 9.96. The van der Waals surface area contributed by atoms with Crippen LogP contribution >= 0.6 is 0 Å². The molecule has 0 spiro atoms. The van der Waals surface area contributed by atoms with Gasteiger partial charge in [-0.05, 0) is 55.2 Å². The number of alkyl halides is 3. The van der Waals surface area contributed by atoms with Crippen LogP contribution in [0.25, 0.3) is 0 Å². The van der Waals surface area contributed by atoms with Gasteiger partial charge in [-0.2, -0.15) is 0 Å². The molecule has 1 amide bonds. The van der Waals surface area contributed by atoms with E-state index in [1.165, 1.54) is 23.1 Å². The maximum atomic E-state index is 13.8. The zero-order valence-corrected chi connectivity index (χ0v) is 17.0. The summed E-state index contributed by atoms with van der Waals surface area (Å²) in [6.45, 7) is 0.844. The van der Waals surface area contributed by atoms with Gasteiger partial charge in [0.2, 0.25) is 10.0 Å². The molecule has 0 radical (unpaired) electrons. The molecule has 0 unspecified atom stereocenters. The van der Waals surface area contributed by atoms with Gasteiger partial charge in [0.15, 0.2) is 0 Å². The zero-order chi connectivity index (χ0) is 22.6. The molecule has 2 aromatic rings. The van der Waals surface area contributed by atoms with E-state index in [2.05, 4.69) is 9.46 Å². The molecule has 1 saturated heterocycles. The van der Waals surface area contributed by atoms with Gasteiger partial charge in [0.05, 0.1) is 10.5 Å².